The molecule has 0 radical (unpaired) electrons. The molecule has 6 heteroatoms. The number of likely N-dealkylation sites (N-methyl/N-ethyl adjacent to an activating group) is 1. The molecule has 1 unspecified atom stereocenters. The third-order valence-corrected chi connectivity index (χ3v) is 3.78. The first-order chi connectivity index (χ1) is 8.01. The van der Waals surface area contributed by atoms with Crippen LogP contribution in [0.3, 0.4) is 0 Å². The van der Waals surface area contributed by atoms with Gasteiger partial charge in [-0.2, -0.15) is 0 Å². The van der Waals surface area contributed by atoms with Gasteiger partial charge in [0.2, 0.25) is 0 Å². The minimum atomic E-state index is -0.0937. The highest BCUT2D eigenvalue weighted by atomic mass is 35.5. The van der Waals surface area contributed by atoms with E-state index in [4.69, 9.17) is 17.3 Å². The summed E-state index contributed by atoms with van der Waals surface area (Å²) in [6.45, 7) is 2.34. The minimum absolute atomic E-state index is 0. The van der Waals surface area contributed by atoms with E-state index in [1.807, 2.05) is 25.3 Å². The summed E-state index contributed by atoms with van der Waals surface area (Å²) in [6, 6.07) is 5.46. The highest BCUT2D eigenvalue weighted by molar-refractivity contribution is 7.98. The second kappa shape index (κ2) is 7.89. The predicted octanol–water partition coefficient (Wildman–Crippen LogP) is 2.90. The summed E-state index contributed by atoms with van der Waals surface area (Å²) >= 11 is 7.63. The van der Waals surface area contributed by atoms with E-state index in [0.29, 0.717) is 17.1 Å². The summed E-state index contributed by atoms with van der Waals surface area (Å²) < 4.78 is 0. The normalized spacial score (nSPS) is 11.6. The van der Waals surface area contributed by atoms with Gasteiger partial charge in [0, 0.05) is 24.5 Å². The Labute approximate surface area is 123 Å². The number of nitrogens with zero attached hydrogens (tertiary/aromatic N) is 1. The van der Waals surface area contributed by atoms with Crippen molar-refractivity contribution < 1.29 is 4.79 Å². The lowest BCUT2D eigenvalue weighted by molar-refractivity contribution is 0.0748. The number of halogens is 2. The first kappa shape index (κ1) is 17.6. The number of amides is 1. The van der Waals surface area contributed by atoms with Crippen molar-refractivity contribution in [3.8, 4) is 0 Å². The molecule has 0 aliphatic carbocycles. The maximum atomic E-state index is 12.2. The minimum Gasteiger partial charge on any atom is -0.338 e. The largest absolute Gasteiger partial charge is 0.338 e. The van der Waals surface area contributed by atoms with Crippen molar-refractivity contribution >= 4 is 41.7 Å². The Balaban J connectivity index is 0.00000289. The first-order valence-corrected chi connectivity index (χ1v) is 6.92. The summed E-state index contributed by atoms with van der Waals surface area (Å²) in [6.07, 6.45) is 1.96. The molecule has 1 amide bonds. The molecule has 0 aromatic heterocycles. The molecule has 1 rings (SSSR count). The maximum Gasteiger partial charge on any atom is 0.255 e. The van der Waals surface area contributed by atoms with Crippen molar-refractivity contribution in [2.75, 3.05) is 19.8 Å². The molecule has 0 saturated heterocycles. The molecule has 0 aliphatic heterocycles. The monoisotopic (exact) mass is 308 g/mol. The van der Waals surface area contributed by atoms with Gasteiger partial charge in [-0.15, -0.1) is 24.2 Å². The van der Waals surface area contributed by atoms with E-state index in [1.165, 1.54) is 0 Å². The van der Waals surface area contributed by atoms with Gasteiger partial charge in [-0.1, -0.05) is 11.6 Å². The van der Waals surface area contributed by atoms with E-state index in [0.717, 1.165) is 4.90 Å². The molecular formula is C12H18Cl2N2OS. The Hall–Kier alpha value is -0.420. The van der Waals surface area contributed by atoms with Crippen molar-refractivity contribution in [1.29, 1.82) is 0 Å². The molecule has 1 aromatic carbocycles. The van der Waals surface area contributed by atoms with Crippen molar-refractivity contribution in [1.82, 2.24) is 4.90 Å². The van der Waals surface area contributed by atoms with Crippen LogP contribution in [0.4, 0.5) is 0 Å². The second-order valence-electron chi connectivity index (χ2n) is 3.85. The van der Waals surface area contributed by atoms with Gasteiger partial charge in [-0.05, 0) is 31.4 Å². The lowest BCUT2D eigenvalue weighted by atomic mass is 10.1. The molecule has 0 fully saturated rings. The average molecular weight is 309 g/mol. The Kier molecular flexibility index (Phi) is 7.71. The molecule has 18 heavy (non-hydrogen) atoms. The number of carbonyl (C=O) groups excluding carboxylic acids is 1. The zero-order valence-electron chi connectivity index (χ0n) is 10.6. The lowest BCUT2D eigenvalue weighted by Gasteiger charge is -2.24. The van der Waals surface area contributed by atoms with Crippen LogP contribution in [0.15, 0.2) is 23.1 Å². The number of hydrogen-bond acceptors (Lipinski definition) is 3. The number of hydrogen-bond donors (Lipinski definition) is 1. The van der Waals surface area contributed by atoms with Crippen LogP contribution in [0, 0.1) is 0 Å². The van der Waals surface area contributed by atoms with Crippen LogP contribution in [0.1, 0.15) is 17.3 Å². The fourth-order valence-corrected chi connectivity index (χ4v) is 1.98. The number of benzene rings is 1. The first-order valence-electron chi connectivity index (χ1n) is 5.32. The Morgan fingerprint density at radius 3 is 2.67 bits per heavy atom. The van der Waals surface area contributed by atoms with Crippen LogP contribution in [0.5, 0.6) is 0 Å². The van der Waals surface area contributed by atoms with E-state index < -0.39 is 0 Å². The molecular weight excluding hydrogens is 291 g/mol. The van der Waals surface area contributed by atoms with E-state index >= 15 is 0 Å². The van der Waals surface area contributed by atoms with E-state index in [2.05, 4.69) is 0 Å². The zero-order valence-corrected chi connectivity index (χ0v) is 13.0. The average Bonchev–Trinajstić information content (AvgIpc) is 2.36. The van der Waals surface area contributed by atoms with Crippen LogP contribution < -0.4 is 5.73 Å². The molecule has 1 atom stereocenters. The van der Waals surface area contributed by atoms with Gasteiger partial charge in [-0.25, -0.2) is 0 Å². The molecule has 0 spiro atoms. The standard InChI is InChI=1S/C12H17ClN2OS.ClH/c1-8(7-14)15(2)12(16)10-6-9(17-3)4-5-11(10)13;/h4-6,8H,7,14H2,1-3H3;1H. The van der Waals surface area contributed by atoms with E-state index in [1.54, 1.807) is 29.8 Å². The van der Waals surface area contributed by atoms with Crippen molar-refractivity contribution in [2.24, 2.45) is 5.73 Å². The topological polar surface area (TPSA) is 46.3 Å². The summed E-state index contributed by atoms with van der Waals surface area (Å²) in [7, 11) is 1.74. The SMILES string of the molecule is CSc1ccc(Cl)c(C(=O)N(C)C(C)CN)c1.Cl. The fourth-order valence-electron chi connectivity index (χ4n) is 1.34. The number of carbonyl (C=O) groups is 1. The Bertz CT molecular complexity index is 415. The van der Waals surface area contributed by atoms with E-state index in [9.17, 15) is 4.79 Å². The van der Waals surface area contributed by atoms with Crippen LogP contribution in [-0.2, 0) is 0 Å². The lowest BCUT2D eigenvalue weighted by Crippen LogP contribution is -2.39. The molecule has 0 bridgehead atoms. The molecule has 0 heterocycles. The van der Waals surface area contributed by atoms with Crippen LogP contribution in [0.2, 0.25) is 5.02 Å². The number of nitrogens with two attached hydrogens (primary N) is 1. The van der Waals surface area contributed by atoms with Crippen LogP contribution >= 0.6 is 35.8 Å². The van der Waals surface area contributed by atoms with Crippen molar-refractivity contribution in [3.63, 3.8) is 0 Å². The van der Waals surface area contributed by atoms with Gasteiger partial charge < -0.3 is 10.6 Å². The maximum absolute atomic E-state index is 12.2. The second-order valence-corrected chi connectivity index (χ2v) is 5.13. The Morgan fingerprint density at radius 2 is 2.17 bits per heavy atom. The summed E-state index contributed by atoms with van der Waals surface area (Å²) in [5.41, 5.74) is 6.08. The van der Waals surface area contributed by atoms with Gasteiger partial charge in [0.15, 0.2) is 0 Å². The fraction of sp³-hybridized carbons (Fsp3) is 0.417. The highest BCUT2D eigenvalue weighted by Gasteiger charge is 2.19. The van der Waals surface area contributed by atoms with Crippen LogP contribution in [-0.4, -0.2) is 36.7 Å². The number of rotatable bonds is 4. The van der Waals surface area contributed by atoms with E-state index in [-0.39, 0.29) is 24.4 Å². The smallest absolute Gasteiger partial charge is 0.255 e. The third kappa shape index (κ3) is 4.05. The van der Waals surface area contributed by atoms with Crippen LogP contribution in [0.25, 0.3) is 0 Å². The van der Waals surface area contributed by atoms with Gasteiger partial charge >= 0.3 is 0 Å². The molecule has 1 aromatic rings. The molecule has 2 N–H and O–H groups in total. The van der Waals surface area contributed by atoms with Crippen molar-refractivity contribution in [2.45, 2.75) is 17.9 Å². The number of thioether (sulfide) groups is 1. The molecule has 0 saturated carbocycles. The van der Waals surface area contributed by atoms with Gasteiger partial charge in [-0.3, -0.25) is 4.79 Å². The molecule has 3 nitrogen and oxygen atoms in total. The third-order valence-electron chi connectivity index (χ3n) is 2.73. The molecule has 0 aliphatic rings. The van der Waals surface area contributed by atoms with Crippen molar-refractivity contribution in [3.05, 3.63) is 28.8 Å². The Morgan fingerprint density at radius 1 is 1.56 bits per heavy atom. The summed E-state index contributed by atoms with van der Waals surface area (Å²) in [4.78, 5) is 14.8. The van der Waals surface area contributed by atoms with Gasteiger partial charge in [0.05, 0.1) is 10.6 Å². The zero-order chi connectivity index (χ0) is 13.0. The summed E-state index contributed by atoms with van der Waals surface area (Å²) in [5.74, 6) is -0.0937. The quantitative estimate of drug-likeness (QED) is 0.870. The van der Waals surface area contributed by atoms with Gasteiger partial charge in [0.1, 0.15) is 0 Å². The molecule has 102 valence electrons. The highest BCUT2D eigenvalue weighted by Crippen LogP contribution is 2.24. The predicted molar refractivity (Wildman–Crippen MR) is 81.1 cm³/mol. The van der Waals surface area contributed by atoms with Gasteiger partial charge in [0.25, 0.3) is 5.91 Å². The summed E-state index contributed by atoms with van der Waals surface area (Å²) in [5, 5.41) is 0.476.